The second kappa shape index (κ2) is 14.9. The highest BCUT2D eigenvalue weighted by atomic mass is 32.2. The van der Waals surface area contributed by atoms with Crippen LogP contribution in [0.15, 0.2) is 53.4 Å². The normalized spacial score (nSPS) is 14.5. The Balaban J connectivity index is 1.86. The summed E-state index contributed by atoms with van der Waals surface area (Å²) < 4.78 is 107. The molecule has 0 radical (unpaired) electrons. The summed E-state index contributed by atoms with van der Waals surface area (Å²) in [6.07, 6.45) is 0.235. The van der Waals surface area contributed by atoms with Crippen molar-refractivity contribution in [1.82, 2.24) is 0 Å². The van der Waals surface area contributed by atoms with E-state index in [0.29, 0.717) is 18.8 Å². The number of carbonyl (C=O) groups is 1. The first kappa shape index (κ1) is 34.8. The summed E-state index contributed by atoms with van der Waals surface area (Å²) in [6, 6.07) is 13.7. The van der Waals surface area contributed by atoms with Gasteiger partial charge < -0.3 is 23.9 Å². The number of rotatable bonds is 14. The molecular formula is C31H33F4O8S-. The number of halogens is 4. The van der Waals surface area contributed by atoms with Crippen molar-refractivity contribution < 1.29 is 54.6 Å². The van der Waals surface area contributed by atoms with E-state index < -0.39 is 62.2 Å². The van der Waals surface area contributed by atoms with E-state index in [1.165, 1.54) is 12.1 Å². The third kappa shape index (κ3) is 8.48. The molecule has 240 valence electrons. The van der Waals surface area contributed by atoms with Crippen molar-refractivity contribution in [2.24, 2.45) is 5.92 Å². The van der Waals surface area contributed by atoms with Crippen LogP contribution in [-0.2, 0) is 19.6 Å². The number of hydrogen-bond acceptors (Lipinski definition) is 8. The molecule has 0 fully saturated rings. The van der Waals surface area contributed by atoms with Gasteiger partial charge in [-0.15, -0.1) is 0 Å². The number of phenols is 1. The molecule has 1 N–H and O–H groups in total. The zero-order valence-electron chi connectivity index (χ0n) is 24.5. The first-order valence-electron chi connectivity index (χ1n) is 13.9. The molecule has 0 aliphatic carbocycles. The third-order valence-electron chi connectivity index (χ3n) is 7.19. The maximum Gasteiger partial charge on any atom is 0.314 e. The second-order valence-corrected chi connectivity index (χ2v) is 11.6. The van der Waals surface area contributed by atoms with Crippen molar-refractivity contribution in [2.45, 2.75) is 70.0 Å². The summed E-state index contributed by atoms with van der Waals surface area (Å²) in [5.74, 6) is -13.5. The lowest BCUT2D eigenvalue weighted by Gasteiger charge is -2.26. The van der Waals surface area contributed by atoms with Crippen LogP contribution in [0.4, 0.5) is 17.6 Å². The highest BCUT2D eigenvalue weighted by Crippen LogP contribution is 2.38. The minimum Gasteiger partial charge on any atom is -0.744 e. The molecule has 4 atom stereocenters. The molecule has 0 heterocycles. The van der Waals surface area contributed by atoms with Gasteiger partial charge in [-0.1, -0.05) is 38.1 Å². The van der Waals surface area contributed by atoms with Gasteiger partial charge in [-0.05, 0) is 80.3 Å². The van der Waals surface area contributed by atoms with E-state index in [-0.39, 0.29) is 30.4 Å². The molecule has 44 heavy (non-hydrogen) atoms. The van der Waals surface area contributed by atoms with E-state index >= 15 is 0 Å². The van der Waals surface area contributed by atoms with Crippen LogP contribution in [0.3, 0.4) is 0 Å². The molecule has 0 spiro atoms. The van der Waals surface area contributed by atoms with E-state index in [2.05, 4.69) is 0 Å². The molecule has 3 rings (SSSR count). The summed E-state index contributed by atoms with van der Waals surface area (Å²) in [7, 11) is -5.92. The van der Waals surface area contributed by atoms with Gasteiger partial charge in [0.2, 0.25) is 17.4 Å². The van der Waals surface area contributed by atoms with Gasteiger partial charge in [0.25, 0.3) is 0 Å². The molecule has 3 aromatic rings. The number of ether oxygens (including phenoxy) is 3. The Bertz CT molecular complexity index is 1520. The average Bonchev–Trinajstić information content (AvgIpc) is 2.96. The van der Waals surface area contributed by atoms with Crippen LogP contribution in [0.25, 0.3) is 0 Å². The van der Waals surface area contributed by atoms with Gasteiger partial charge in [0.1, 0.15) is 26.5 Å². The number of carbonyl (C=O) groups excluding carboxylic acids is 1. The Morgan fingerprint density at radius 3 is 1.91 bits per heavy atom. The van der Waals surface area contributed by atoms with E-state index in [1.54, 1.807) is 38.1 Å². The van der Waals surface area contributed by atoms with Crippen LogP contribution in [0, 0.1) is 29.2 Å². The number of hydrogen-bond donors (Lipinski definition) is 1. The summed E-state index contributed by atoms with van der Waals surface area (Å²) >= 11 is 0. The van der Waals surface area contributed by atoms with Crippen molar-refractivity contribution in [3.8, 4) is 17.2 Å². The zero-order valence-corrected chi connectivity index (χ0v) is 25.3. The van der Waals surface area contributed by atoms with Gasteiger partial charge in [-0.25, -0.2) is 17.2 Å². The van der Waals surface area contributed by atoms with Crippen molar-refractivity contribution in [3.63, 3.8) is 0 Å². The lowest BCUT2D eigenvalue weighted by molar-refractivity contribution is -0.140. The molecule has 0 bridgehead atoms. The first-order valence-corrected chi connectivity index (χ1v) is 15.3. The molecule has 0 aromatic heterocycles. The summed E-state index contributed by atoms with van der Waals surface area (Å²) in [5, 5.41) is 9.78. The van der Waals surface area contributed by atoms with Crippen molar-refractivity contribution in [2.75, 3.05) is 6.61 Å². The lowest BCUT2D eigenvalue weighted by Crippen LogP contribution is -2.24. The molecule has 4 unspecified atom stereocenters. The standard InChI is InChI=1S/C31H34F4O8S/c1-5-19(31(37)43-29-25(32)27(34)30(44(38,39)40)28(35)26(29)33)16-22(21-7-11-23(36)12-8-21)15-17(3)20-9-13-24(14-10-20)42-18(4)41-6-2/h7-14,17-19,22,36H,5-6,15-16H2,1-4H3,(H,38,39,40)/p-1. The Kier molecular flexibility index (Phi) is 11.8. The fourth-order valence-corrected chi connectivity index (χ4v) is 5.49. The van der Waals surface area contributed by atoms with E-state index in [4.69, 9.17) is 14.2 Å². The number of phenolic OH excluding ortho intramolecular Hbond substituents is 1. The average molecular weight is 642 g/mol. The minimum atomic E-state index is -5.92. The molecule has 0 saturated heterocycles. The van der Waals surface area contributed by atoms with Crippen LogP contribution in [-0.4, -0.2) is 36.9 Å². The largest absolute Gasteiger partial charge is 0.744 e. The minimum absolute atomic E-state index is 0.0161. The topological polar surface area (TPSA) is 122 Å². The van der Waals surface area contributed by atoms with Gasteiger partial charge in [0.15, 0.2) is 17.9 Å². The van der Waals surface area contributed by atoms with E-state index in [9.17, 15) is 40.4 Å². The monoisotopic (exact) mass is 641 g/mol. The molecule has 0 aliphatic heterocycles. The Hall–Kier alpha value is -3.68. The highest BCUT2D eigenvalue weighted by Gasteiger charge is 2.33. The zero-order chi connectivity index (χ0) is 32.8. The van der Waals surface area contributed by atoms with E-state index in [1.807, 2.05) is 26.0 Å². The van der Waals surface area contributed by atoms with Crippen molar-refractivity contribution >= 4 is 16.1 Å². The molecule has 0 aliphatic rings. The summed E-state index contributed by atoms with van der Waals surface area (Å²) in [5.41, 5.74) is 1.69. The van der Waals surface area contributed by atoms with Crippen LogP contribution in [0.2, 0.25) is 0 Å². The van der Waals surface area contributed by atoms with Gasteiger partial charge in [0, 0.05) is 6.61 Å². The molecule has 3 aromatic carbocycles. The second-order valence-electron chi connectivity index (χ2n) is 10.3. The summed E-state index contributed by atoms with van der Waals surface area (Å²) in [6.45, 7) is 7.70. The molecule has 13 heteroatoms. The fraction of sp³-hybridized carbons (Fsp3) is 0.387. The van der Waals surface area contributed by atoms with Gasteiger partial charge in [-0.3, -0.25) is 4.79 Å². The maximum atomic E-state index is 14.5. The van der Waals surface area contributed by atoms with Gasteiger partial charge in [-0.2, -0.15) is 8.78 Å². The molecule has 0 amide bonds. The van der Waals surface area contributed by atoms with Crippen LogP contribution in [0.5, 0.6) is 17.2 Å². The van der Waals surface area contributed by atoms with Gasteiger partial charge >= 0.3 is 5.97 Å². The fourth-order valence-electron chi connectivity index (χ4n) is 4.87. The van der Waals surface area contributed by atoms with Crippen LogP contribution >= 0.6 is 0 Å². The Morgan fingerprint density at radius 1 is 0.864 bits per heavy atom. The maximum absolute atomic E-state index is 14.5. The SMILES string of the molecule is CCOC(C)Oc1ccc(C(C)CC(CC(CC)C(=O)Oc2c(F)c(F)c(S(=O)(=O)[O-])c(F)c2F)c2ccc(O)cc2)cc1. The third-order valence-corrected chi connectivity index (χ3v) is 8.04. The van der Waals surface area contributed by atoms with Crippen LogP contribution < -0.4 is 9.47 Å². The Morgan fingerprint density at radius 2 is 1.41 bits per heavy atom. The smallest absolute Gasteiger partial charge is 0.314 e. The molecule has 8 nitrogen and oxygen atoms in total. The number of benzene rings is 3. The highest BCUT2D eigenvalue weighted by molar-refractivity contribution is 7.85. The van der Waals surface area contributed by atoms with Crippen LogP contribution in [0.1, 0.15) is 69.9 Å². The molecule has 0 saturated carbocycles. The van der Waals surface area contributed by atoms with Gasteiger partial charge in [0.05, 0.1) is 5.92 Å². The molecular weight excluding hydrogens is 608 g/mol. The van der Waals surface area contributed by atoms with Crippen molar-refractivity contribution in [1.29, 1.82) is 0 Å². The lowest BCUT2D eigenvalue weighted by atomic mass is 9.80. The predicted molar refractivity (Wildman–Crippen MR) is 150 cm³/mol. The predicted octanol–water partition coefficient (Wildman–Crippen LogP) is 6.91. The first-order chi connectivity index (χ1) is 20.7. The Labute approximate surface area is 253 Å². The number of aromatic hydroxyl groups is 1. The summed E-state index contributed by atoms with van der Waals surface area (Å²) in [4.78, 5) is 10.7. The quantitative estimate of drug-likeness (QED) is 0.0503. The van der Waals surface area contributed by atoms with E-state index in [0.717, 1.165) is 11.1 Å². The van der Waals surface area contributed by atoms with Crippen molar-refractivity contribution in [3.05, 3.63) is 82.9 Å². The number of esters is 1.